The van der Waals surface area contributed by atoms with Crippen molar-refractivity contribution >= 4 is 23.5 Å². The minimum absolute atomic E-state index is 0.0181. The van der Waals surface area contributed by atoms with Gasteiger partial charge in [0.05, 0.1) is 17.8 Å². The monoisotopic (exact) mass is 771 g/mol. The fraction of sp³-hybridized carbons (Fsp3) is 0.745. The maximum atomic E-state index is 12.5. The molecular weight excluding hydrogens is 696 g/mol. The predicted molar refractivity (Wildman–Crippen MR) is 223 cm³/mol. The van der Waals surface area contributed by atoms with Gasteiger partial charge in [0.15, 0.2) is 0 Å². The van der Waals surface area contributed by atoms with E-state index in [1.807, 2.05) is 30.3 Å². The standard InChI is InChI=1S/C47H75ClO6/c1-3-5-6-7-8-9-10-11-12-13-14-15-16-19-24-38-29-31-39(32-30-38)46(52)54-36-35-53-45(51)28-21-18-17-20-25-40-41(43(49)37-42(40)48)26-22-27-44(50)47(4-2)33-23-34-47/h17,20,22,26,29-32,40-44,49-50H,3-16,18-19,21,23-25,27-28,33-37H2,1-2H3/b20-17-,26-22+/t40-,41+,42+,43-,44+/m1/s1. The fourth-order valence-electron chi connectivity index (χ4n) is 8.34. The van der Waals surface area contributed by atoms with Gasteiger partial charge in [0.25, 0.3) is 0 Å². The number of halogens is 1. The third-order valence-electron chi connectivity index (χ3n) is 12.3. The lowest BCUT2D eigenvalue weighted by molar-refractivity contribution is -0.144. The highest BCUT2D eigenvalue weighted by molar-refractivity contribution is 6.21. The van der Waals surface area contributed by atoms with Crippen LogP contribution in [0.1, 0.15) is 184 Å². The zero-order valence-corrected chi connectivity index (χ0v) is 34.8. The number of benzene rings is 1. The molecule has 7 heteroatoms. The van der Waals surface area contributed by atoms with E-state index in [1.165, 1.54) is 102 Å². The lowest BCUT2D eigenvalue weighted by Crippen LogP contribution is -2.40. The van der Waals surface area contributed by atoms with Gasteiger partial charge in [-0.1, -0.05) is 140 Å². The Morgan fingerprint density at radius 3 is 2.04 bits per heavy atom. The molecule has 2 aliphatic rings. The molecule has 0 saturated heterocycles. The average Bonchev–Trinajstić information content (AvgIpc) is 3.42. The van der Waals surface area contributed by atoms with Crippen molar-refractivity contribution in [1.82, 2.24) is 0 Å². The van der Waals surface area contributed by atoms with E-state index in [0.717, 1.165) is 38.5 Å². The molecule has 6 nitrogen and oxygen atoms in total. The van der Waals surface area contributed by atoms with Crippen molar-refractivity contribution in [3.63, 3.8) is 0 Å². The molecule has 2 saturated carbocycles. The first kappa shape index (κ1) is 46.2. The second kappa shape index (κ2) is 27.4. The Balaban J connectivity index is 1.17. The number of ether oxygens (including phenoxy) is 2. The van der Waals surface area contributed by atoms with Crippen LogP contribution < -0.4 is 0 Å². The first-order valence-electron chi connectivity index (χ1n) is 22.0. The maximum Gasteiger partial charge on any atom is 0.338 e. The molecule has 0 aliphatic heterocycles. The first-order chi connectivity index (χ1) is 26.3. The first-order valence-corrected chi connectivity index (χ1v) is 22.5. The summed E-state index contributed by atoms with van der Waals surface area (Å²) in [6.07, 6.45) is 35.6. The van der Waals surface area contributed by atoms with Crippen LogP contribution in [0.15, 0.2) is 48.6 Å². The van der Waals surface area contributed by atoms with Gasteiger partial charge in [0, 0.05) is 17.7 Å². The maximum absolute atomic E-state index is 12.5. The molecule has 54 heavy (non-hydrogen) atoms. The van der Waals surface area contributed by atoms with Crippen LogP contribution in [0.3, 0.4) is 0 Å². The molecule has 0 spiro atoms. The van der Waals surface area contributed by atoms with E-state index in [2.05, 4.69) is 32.1 Å². The van der Waals surface area contributed by atoms with Crippen LogP contribution in [0.4, 0.5) is 0 Å². The quantitative estimate of drug-likeness (QED) is 0.0350. The second-order valence-electron chi connectivity index (χ2n) is 16.3. The summed E-state index contributed by atoms with van der Waals surface area (Å²) < 4.78 is 10.6. The number of rotatable bonds is 30. The Bertz CT molecular complexity index is 1200. The van der Waals surface area contributed by atoms with Gasteiger partial charge in [0.1, 0.15) is 13.2 Å². The van der Waals surface area contributed by atoms with Gasteiger partial charge >= 0.3 is 11.9 Å². The van der Waals surface area contributed by atoms with Crippen LogP contribution in [0.25, 0.3) is 0 Å². The van der Waals surface area contributed by atoms with Crippen LogP contribution in [-0.4, -0.2) is 53.0 Å². The summed E-state index contributed by atoms with van der Waals surface area (Å²) in [4.78, 5) is 24.7. The van der Waals surface area contributed by atoms with E-state index in [4.69, 9.17) is 21.1 Å². The van der Waals surface area contributed by atoms with Crippen LogP contribution in [0, 0.1) is 17.3 Å². The average molecular weight is 772 g/mol. The smallest absolute Gasteiger partial charge is 0.338 e. The molecule has 0 heterocycles. The van der Waals surface area contributed by atoms with E-state index < -0.39 is 12.1 Å². The van der Waals surface area contributed by atoms with Gasteiger partial charge in [-0.2, -0.15) is 0 Å². The van der Waals surface area contributed by atoms with Gasteiger partial charge in [-0.15, -0.1) is 11.6 Å². The zero-order valence-electron chi connectivity index (χ0n) is 34.0. The number of alkyl halides is 1. The van der Waals surface area contributed by atoms with E-state index in [1.54, 1.807) is 0 Å². The van der Waals surface area contributed by atoms with E-state index in [-0.39, 0.29) is 47.9 Å². The predicted octanol–water partition coefficient (Wildman–Crippen LogP) is 12.0. The van der Waals surface area contributed by atoms with Gasteiger partial charge in [-0.3, -0.25) is 4.79 Å². The molecule has 0 radical (unpaired) electrons. The molecule has 1 aromatic carbocycles. The van der Waals surface area contributed by atoms with Crippen molar-refractivity contribution in [3.8, 4) is 0 Å². The number of carbonyl (C=O) groups excluding carboxylic acids is 2. The molecule has 0 unspecified atom stereocenters. The molecule has 0 bridgehead atoms. The molecule has 306 valence electrons. The van der Waals surface area contributed by atoms with Crippen molar-refractivity contribution in [2.75, 3.05) is 13.2 Å². The lowest BCUT2D eigenvalue weighted by atomic mass is 9.63. The summed E-state index contributed by atoms with van der Waals surface area (Å²) in [6, 6.07) is 7.67. The largest absolute Gasteiger partial charge is 0.462 e. The third kappa shape index (κ3) is 17.3. The van der Waals surface area contributed by atoms with Crippen LogP contribution in [0.5, 0.6) is 0 Å². The van der Waals surface area contributed by atoms with Crippen molar-refractivity contribution in [2.24, 2.45) is 17.3 Å². The van der Waals surface area contributed by atoms with Crippen LogP contribution in [-0.2, 0) is 20.7 Å². The normalized spacial score (nSPS) is 21.4. The molecule has 2 fully saturated rings. The molecule has 0 aromatic heterocycles. The number of unbranched alkanes of at least 4 members (excludes halogenated alkanes) is 14. The second-order valence-corrected chi connectivity index (χ2v) is 16.9. The SMILES string of the molecule is CCCCCCCCCCCCCCCCc1ccc(C(=O)OCCOC(=O)CCC/C=C\C[C@@H]2[C@H](/C=C/C[C@H](O)C3(CC)CCC3)[C@H](O)C[C@@H]2Cl)cc1. The Labute approximate surface area is 333 Å². The highest BCUT2D eigenvalue weighted by Gasteiger charge is 2.42. The Morgan fingerprint density at radius 1 is 0.833 bits per heavy atom. The molecule has 2 N–H and O–H groups in total. The molecule has 1 aromatic rings. The Hall–Kier alpha value is -2.15. The topological polar surface area (TPSA) is 93.1 Å². The van der Waals surface area contributed by atoms with E-state index >= 15 is 0 Å². The zero-order chi connectivity index (χ0) is 38.9. The molecule has 0 amide bonds. The summed E-state index contributed by atoms with van der Waals surface area (Å²) in [5.41, 5.74) is 1.83. The Morgan fingerprint density at radius 2 is 1.44 bits per heavy atom. The van der Waals surface area contributed by atoms with Gasteiger partial charge in [-0.05, 0) is 93.2 Å². The fourth-order valence-corrected chi connectivity index (χ4v) is 8.80. The van der Waals surface area contributed by atoms with E-state index in [9.17, 15) is 19.8 Å². The highest BCUT2D eigenvalue weighted by Crippen LogP contribution is 2.48. The highest BCUT2D eigenvalue weighted by atomic mass is 35.5. The minimum Gasteiger partial charge on any atom is -0.462 e. The number of esters is 2. The lowest BCUT2D eigenvalue weighted by Gasteiger charge is -2.45. The van der Waals surface area contributed by atoms with Crippen molar-refractivity contribution in [2.45, 2.75) is 192 Å². The molecule has 5 atom stereocenters. The van der Waals surface area contributed by atoms with Gasteiger partial charge in [0.2, 0.25) is 0 Å². The van der Waals surface area contributed by atoms with Crippen molar-refractivity contribution in [3.05, 3.63) is 59.7 Å². The number of carbonyl (C=O) groups is 2. The Kier molecular flexibility index (Phi) is 23.5. The number of aliphatic hydroxyl groups excluding tert-OH is 2. The third-order valence-corrected chi connectivity index (χ3v) is 12.8. The minimum atomic E-state index is -0.466. The summed E-state index contributed by atoms with van der Waals surface area (Å²) in [5.74, 6) is -0.580. The number of aliphatic hydroxyl groups is 2. The summed E-state index contributed by atoms with van der Waals surface area (Å²) in [6.45, 7) is 4.52. The molecular formula is C47H75ClO6. The van der Waals surface area contributed by atoms with Crippen molar-refractivity contribution < 1.29 is 29.3 Å². The van der Waals surface area contributed by atoms with Gasteiger partial charge < -0.3 is 19.7 Å². The number of hydrogen-bond acceptors (Lipinski definition) is 6. The van der Waals surface area contributed by atoms with Gasteiger partial charge in [-0.25, -0.2) is 4.79 Å². The van der Waals surface area contributed by atoms with E-state index in [0.29, 0.717) is 31.2 Å². The molecule has 3 rings (SSSR count). The number of hydrogen-bond donors (Lipinski definition) is 2. The number of allylic oxidation sites excluding steroid dienone is 2. The number of aryl methyl sites for hydroxylation is 1. The van der Waals surface area contributed by atoms with Crippen molar-refractivity contribution in [1.29, 1.82) is 0 Å². The summed E-state index contributed by atoms with van der Waals surface area (Å²) in [7, 11) is 0. The summed E-state index contributed by atoms with van der Waals surface area (Å²) in [5, 5.41) is 21.3. The van der Waals surface area contributed by atoms with Crippen LogP contribution >= 0.6 is 11.6 Å². The molecule has 2 aliphatic carbocycles. The summed E-state index contributed by atoms with van der Waals surface area (Å²) >= 11 is 6.62. The van der Waals surface area contributed by atoms with Crippen LogP contribution in [0.2, 0.25) is 0 Å².